The highest BCUT2D eigenvalue weighted by Crippen LogP contribution is 2.09. The Bertz CT molecular complexity index is 316. The van der Waals surface area contributed by atoms with Crippen molar-refractivity contribution in [2.75, 3.05) is 13.7 Å². The molecular formula is C13H26N2O4. The molecule has 0 aromatic rings. The fourth-order valence-corrected chi connectivity index (χ4v) is 1.14. The maximum absolute atomic E-state index is 11.7. The molecule has 19 heavy (non-hydrogen) atoms. The van der Waals surface area contributed by atoms with Crippen molar-refractivity contribution >= 4 is 12.0 Å². The van der Waals surface area contributed by atoms with Crippen LogP contribution < -0.4 is 10.6 Å². The first-order valence-electron chi connectivity index (χ1n) is 6.29. The van der Waals surface area contributed by atoms with Crippen molar-refractivity contribution in [3.8, 4) is 0 Å². The third-order valence-corrected chi connectivity index (χ3v) is 1.94. The van der Waals surface area contributed by atoms with E-state index in [1.54, 1.807) is 20.8 Å². The number of carbonyl (C=O) groups excluding carboxylic acids is 2. The summed E-state index contributed by atoms with van der Waals surface area (Å²) in [5.41, 5.74) is -0.996. The monoisotopic (exact) mass is 274 g/mol. The summed E-state index contributed by atoms with van der Waals surface area (Å²) in [5.74, 6) is -0.324. The summed E-state index contributed by atoms with van der Waals surface area (Å²) in [6.07, 6.45) is -0.640. The summed E-state index contributed by atoms with van der Waals surface area (Å²) in [6, 6.07) is -0.779. The summed E-state index contributed by atoms with van der Waals surface area (Å²) in [7, 11) is 1.50. The van der Waals surface area contributed by atoms with Gasteiger partial charge >= 0.3 is 6.09 Å². The molecule has 0 aliphatic heterocycles. The molecule has 0 saturated carbocycles. The Labute approximate surface area is 115 Å². The first-order chi connectivity index (χ1) is 8.44. The van der Waals surface area contributed by atoms with Crippen molar-refractivity contribution < 1.29 is 19.1 Å². The minimum Gasteiger partial charge on any atom is -0.444 e. The number of hydrogen-bond donors (Lipinski definition) is 2. The SMILES string of the molecule is CNC(=O)[C@H](COC(C)(C)C)NC(=O)OC(C)(C)C. The van der Waals surface area contributed by atoms with Crippen LogP contribution in [0.4, 0.5) is 4.79 Å². The second-order valence-corrected chi connectivity index (χ2v) is 6.24. The van der Waals surface area contributed by atoms with E-state index in [0.29, 0.717) is 0 Å². The maximum Gasteiger partial charge on any atom is 0.408 e. The largest absolute Gasteiger partial charge is 0.444 e. The van der Waals surface area contributed by atoms with Gasteiger partial charge < -0.3 is 20.1 Å². The van der Waals surface area contributed by atoms with Gasteiger partial charge in [-0.1, -0.05) is 0 Å². The third-order valence-electron chi connectivity index (χ3n) is 1.94. The zero-order valence-corrected chi connectivity index (χ0v) is 12.9. The molecular weight excluding hydrogens is 248 g/mol. The van der Waals surface area contributed by atoms with E-state index in [2.05, 4.69) is 10.6 Å². The number of likely N-dealkylation sites (N-methyl/N-ethyl adjacent to an activating group) is 1. The van der Waals surface area contributed by atoms with Gasteiger partial charge in [-0.05, 0) is 41.5 Å². The second kappa shape index (κ2) is 6.75. The highest BCUT2D eigenvalue weighted by atomic mass is 16.6. The van der Waals surface area contributed by atoms with Crippen LogP contribution in [0.5, 0.6) is 0 Å². The summed E-state index contributed by atoms with van der Waals surface area (Å²) in [5, 5.41) is 4.98. The Kier molecular flexibility index (Phi) is 6.29. The van der Waals surface area contributed by atoms with E-state index in [1.165, 1.54) is 7.05 Å². The van der Waals surface area contributed by atoms with Crippen LogP contribution in [0.3, 0.4) is 0 Å². The van der Waals surface area contributed by atoms with E-state index in [-0.39, 0.29) is 18.1 Å². The van der Waals surface area contributed by atoms with Crippen molar-refractivity contribution in [1.29, 1.82) is 0 Å². The molecule has 0 aromatic heterocycles. The first kappa shape index (κ1) is 17.7. The van der Waals surface area contributed by atoms with Crippen molar-refractivity contribution in [1.82, 2.24) is 10.6 Å². The van der Waals surface area contributed by atoms with Gasteiger partial charge in [-0.2, -0.15) is 0 Å². The minimum absolute atomic E-state index is 0.0857. The zero-order valence-electron chi connectivity index (χ0n) is 12.9. The second-order valence-electron chi connectivity index (χ2n) is 6.24. The van der Waals surface area contributed by atoms with Gasteiger partial charge in [0.05, 0.1) is 12.2 Å². The van der Waals surface area contributed by atoms with E-state index in [0.717, 1.165) is 0 Å². The molecule has 0 aliphatic rings. The molecule has 0 saturated heterocycles. The van der Waals surface area contributed by atoms with Crippen LogP contribution in [-0.2, 0) is 14.3 Å². The van der Waals surface area contributed by atoms with Crippen molar-refractivity contribution in [2.45, 2.75) is 58.8 Å². The fourth-order valence-electron chi connectivity index (χ4n) is 1.14. The predicted molar refractivity (Wildman–Crippen MR) is 72.9 cm³/mol. The lowest BCUT2D eigenvalue weighted by Gasteiger charge is -2.26. The van der Waals surface area contributed by atoms with Crippen molar-refractivity contribution in [3.05, 3.63) is 0 Å². The van der Waals surface area contributed by atoms with E-state index in [9.17, 15) is 9.59 Å². The Hall–Kier alpha value is -1.30. The first-order valence-corrected chi connectivity index (χ1v) is 6.29. The van der Waals surface area contributed by atoms with Gasteiger partial charge in [0.15, 0.2) is 0 Å². The van der Waals surface area contributed by atoms with Crippen LogP contribution in [0, 0.1) is 0 Å². The fraction of sp³-hybridized carbons (Fsp3) is 0.846. The standard InChI is InChI=1S/C13H26N2O4/c1-12(2,3)18-8-9(10(16)14-7)15-11(17)19-13(4,5)6/h9H,8H2,1-7H3,(H,14,16)(H,15,17)/t9-/m0/s1. The molecule has 6 heteroatoms. The Balaban J connectivity index is 4.52. The highest BCUT2D eigenvalue weighted by molar-refractivity contribution is 5.85. The van der Waals surface area contributed by atoms with Gasteiger partial charge in [0, 0.05) is 7.05 Å². The molecule has 0 rings (SSSR count). The van der Waals surface area contributed by atoms with E-state index < -0.39 is 17.7 Å². The maximum atomic E-state index is 11.7. The van der Waals surface area contributed by atoms with Gasteiger partial charge in [-0.15, -0.1) is 0 Å². The zero-order chi connectivity index (χ0) is 15.3. The van der Waals surface area contributed by atoms with Crippen LogP contribution >= 0.6 is 0 Å². The lowest BCUT2D eigenvalue weighted by atomic mass is 10.2. The number of amides is 2. The van der Waals surface area contributed by atoms with Crippen molar-refractivity contribution in [2.24, 2.45) is 0 Å². The highest BCUT2D eigenvalue weighted by Gasteiger charge is 2.25. The molecule has 0 bridgehead atoms. The number of alkyl carbamates (subject to hydrolysis) is 1. The van der Waals surface area contributed by atoms with Crippen LogP contribution in [-0.4, -0.2) is 42.9 Å². The lowest BCUT2D eigenvalue weighted by molar-refractivity contribution is -0.125. The van der Waals surface area contributed by atoms with Crippen LogP contribution in [0.1, 0.15) is 41.5 Å². The Morgan fingerprint density at radius 2 is 1.58 bits per heavy atom. The van der Waals surface area contributed by atoms with Gasteiger partial charge in [0.2, 0.25) is 5.91 Å². The molecule has 2 amide bonds. The molecule has 0 heterocycles. The summed E-state index contributed by atoms with van der Waals surface area (Å²) < 4.78 is 10.6. The Morgan fingerprint density at radius 1 is 1.05 bits per heavy atom. The third kappa shape index (κ3) is 9.30. The van der Waals surface area contributed by atoms with Gasteiger partial charge in [-0.3, -0.25) is 4.79 Å². The number of nitrogens with one attached hydrogen (secondary N) is 2. The molecule has 0 spiro atoms. The summed E-state index contributed by atoms with van der Waals surface area (Å²) in [4.78, 5) is 23.3. The van der Waals surface area contributed by atoms with Gasteiger partial charge in [0.1, 0.15) is 11.6 Å². The normalized spacial score (nSPS) is 13.6. The number of hydrogen-bond acceptors (Lipinski definition) is 4. The van der Waals surface area contributed by atoms with Crippen LogP contribution in [0.25, 0.3) is 0 Å². The Morgan fingerprint density at radius 3 is 1.95 bits per heavy atom. The molecule has 2 N–H and O–H groups in total. The predicted octanol–water partition coefficient (Wildman–Crippen LogP) is 1.44. The van der Waals surface area contributed by atoms with E-state index in [4.69, 9.17) is 9.47 Å². The smallest absolute Gasteiger partial charge is 0.408 e. The van der Waals surface area contributed by atoms with Crippen LogP contribution in [0.2, 0.25) is 0 Å². The quantitative estimate of drug-likeness (QED) is 0.813. The molecule has 0 radical (unpaired) electrons. The van der Waals surface area contributed by atoms with Gasteiger partial charge in [0.25, 0.3) is 0 Å². The molecule has 0 aromatic carbocycles. The molecule has 0 aliphatic carbocycles. The molecule has 6 nitrogen and oxygen atoms in total. The minimum atomic E-state index is -0.779. The topological polar surface area (TPSA) is 76.7 Å². The van der Waals surface area contributed by atoms with E-state index >= 15 is 0 Å². The average Bonchev–Trinajstić information content (AvgIpc) is 2.19. The van der Waals surface area contributed by atoms with Crippen molar-refractivity contribution in [3.63, 3.8) is 0 Å². The lowest BCUT2D eigenvalue weighted by Crippen LogP contribution is -2.50. The summed E-state index contributed by atoms with van der Waals surface area (Å²) >= 11 is 0. The number of rotatable bonds is 4. The van der Waals surface area contributed by atoms with Crippen LogP contribution in [0.15, 0.2) is 0 Å². The average molecular weight is 274 g/mol. The molecule has 0 fully saturated rings. The molecule has 0 unspecified atom stereocenters. The molecule has 1 atom stereocenters. The summed E-state index contributed by atoms with van der Waals surface area (Å²) in [6.45, 7) is 11.0. The number of ether oxygens (including phenoxy) is 2. The number of carbonyl (C=O) groups is 2. The van der Waals surface area contributed by atoms with Gasteiger partial charge in [-0.25, -0.2) is 4.79 Å². The molecule has 112 valence electrons. The van der Waals surface area contributed by atoms with E-state index in [1.807, 2.05) is 20.8 Å².